The Bertz CT molecular complexity index is 375. The van der Waals surface area contributed by atoms with Crippen molar-refractivity contribution in [3.05, 3.63) is 21.2 Å². The molecule has 0 unspecified atom stereocenters. The van der Waals surface area contributed by atoms with Crippen molar-refractivity contribution in [2.75, 3.05) is 13.2 Å². The number of hydrogen-bond acceptors (Lipinski definition) is 3. The van der Waals surface area contributed by atoms with Gasteiger partial charge in [0, 0.05) is 29.3 Å². The Morgan fingerprint density at radius 2 is 1.83 bits per heavy atom. The van der Waals surface area contributed by atoms with Gasteiger partial charge in [-0.05, 0) is 65.6 Å². The molecule has 1 aromatic heterocycles. The molecule has 0 atom stereocenters. The molecular formula is C13H20Br2N2O. The quantitative estimate of drug-likeness (QED) is 0.743. The summed E-state index contributed by atoms with van der Waals surface area (Å²) >= 11 is 6.81. The molecule has 0 amide bonds. The van der Waals surface area contributed by atoms with Crippen molar-refractivity contribution in [2.24, 2.45) is 0 Å². The Morgan fingerprint density at radius 3 is 2.33 bits per heavy atom. The normalized spacial score (nSPS) is 11.6. The summed E-state index contributed by atoms with van der Waals surface area (Å²) < 4.78 is 7.51. The standard InChI is InChI=1S/C13H20Br2N2O/c1-9(2)17(10(3)4)5-6-18-13-12(15)7-11(14)8-16-13/h7-10H,5-6H2,1-4H3. The highest BCUT2D eigenvalue weighted by Crippen LogP contribution is 2.25. The highest BCUT2D eigenvalue weighted by atomic mass is 79.9. The summed E-state index contributed by atoms with van der Waals surface area (Å²) in [7, 11) is 0. The summed E-state index contributed by atoms with van der Waals surface area (Å²) in [4.78, 5) is 6.63. The fraction of sp³-hybridized carbons (Fsp3) is 0.615. The van der Waals surface area contributed by atoms with Crippen LogP contribution in [0.2, 0.25) is 0 Å². The maximum absolute atomic E-state index is 5.70. The van der Waals surface area contributed by atoms with Gasteiger partial charge < -0.3 is 4.74 Å². The van der Waals surface area contributed by atoms with E-state index in [9.17, 15) is 0 Å². The Labute approximate surface area is 126 Å². The summed E-state index contributed by atoms with van der Waals surface area (Å²) in [6.07, 6.45) is 1.74. The van der Waals surface area contributed by atoms with Gasteiger partial charge in [-0.2, -0.15) is 0 Å². The molecule has 0 spiro atoms. The smallest absolute Gasteiger partial charge is 0.228 e. The average Bonchev–Trinajstić information content (AvgIpc) is 2.25. The van der Waals surface area contributed by atoms with E-state index in [0.717, 1.165) is 15.5 Å². The van der Waals surface area contributed by atoms with Crippen LogP contribution in [0.3, 0.4) is 0 Å². The molecule has 0 aliphatic rings. The Hall–Kier alpha value is -0.130. The van der Waals surface area contributed by atoms with Crippen LogP contribution < -0.4 is 4.74 Å². The zero-order valence-electron chi connectivity index (χ0n) is 11.3. The second-order valence-corrected chi connectivity index (χ2v) is 6.48. The fourth-order valence-electron chi connectivity index (χ4n) is 1.87. The van der Waals surface area contributed by atoms with E-state index in [1.54, 1.807) is 6.20 Å². The summed E-state index contributed by atoms with van der Waals surface area (Å²) in [5.41, 5.74) is 0. The van der Waals surface area contributed by atoms with E-state index in [2.05, 4.69) is 69.4 Å². The number of hydrogen-bond donors (Lipinski definition) is 0. The van der Waals surface area contributed by atoms with Crippen LogP contribution in [0.4, 0.5) is 0 Å². The first-order valence-corrected chi connectivity index (χ1v) is 7.70. The molecular weight excluding hydrogens is 360 g/mol. The maximum Gasteiger partial charge on any atom is 0.228 e. The molecule has 5 heteroatoms. The number of rotatable bonds is 6. The molecule has 0 saturated carbocycles. The van der Waals surface area contributed by atoms with Crippen LogP contribution in [0, 0.1) is 0 Å². The van der Waals surface area contributed by atoms with E-state index in [0.29, 0.717) is 24.6 Å². The molecule has 1 rings (SSSR count). The zero-order valence-corrected chi connectivity index (χ0v) is 14.5. The lowest BCUT2D eigenvalue weighted by atomic mass is 10.2. The van der Waals surface area contributed by atoms with Crippen LogP contribution in [0.1, 0.15) is 27.7 Å². The minimum atomic E-state index is 0.523. The first kappa shape index (κ1) is 15.9. The largest absolute Gasteiger partial charge is 0.476 e. The Morgan fingerprint density at radius 1 is 1.22 bits per heavy atom. The molecule has 3 nitrogen and oxygen atoms in total. The molecule has 102 valence electrons. The summed E-state index contributed by atoms with van der Waals surface area (Å²) in [5, 5.41) is 0. The van der Waals surface area contributed by atoms with Gasteiger partial charge in [0.1, 0.15) is 6.61 Å². The van der Waals surface area contributed by atoms with Gasteiger partial charge in [-0.1, -0.05) is 0 Å². The molecule has 0 aliphatic heterocycles. The van der Waals surface area contributed by atoms with E-state index >= 15 is 0 Å². The van der Waals surface area contributed by atoms with Crippen molar-refractivity contribution in [3.8, 4) is 5.88 Å². The van der Waals surface area contributed by atoms with Gasteiger partial charge in [-0.15, -0.1) is 0 Å². The van der Waals surface area contributed by atoms with E-state index in [1.165, 1.54) is 0 Å². The van der Waals surface area contributed by atoms with Crippen LogP contribution in [0.25, 0.3) is 0 Å². The van der Waals surface area contributed by atoms with Gasteiger partial charge in [0.25, 0.3) is 0 Å². The van der Waals surface area contributed by atoms with Crippen molar-refractivity contribution in [3.63, 3.8) is 0 Å². The van der Waals surface area contributed by atoms with Crippen molar-refractivity contribution >= 4 is 31.9 Å². The number of nitrogens with zero attached hydrogens (tertiary/aromatic N) is 2. The molecule has 0 radical (unpaired) electrons. The fourth-order valence-corrected chi connectivity index (χ4v) is 2.97. The highest BCUT2D eigenvalue weighted by molar-refractivity contribution is 9.11. The summed E-state index contributed by atoms with van der Waals surface area (Å²) in [5.74, 6) is 0.644. The third-order valence-corrected chi connectivity index (χ3v) is 3.69. The van der Waals surface area contributed by atoms with E-state index in [4.69, 9.17) is 4.74 Å². The molecule has 0 aromatic carbocycles. The van der Waals surface area contributed by atoms with Crippen LogP contribution in [-0.2, 0) is 0 Å². The minimum Gasteiger partial charge on any atom is -0.476 e. The molecule has 18 heavy (non-hydrogen) atoms. The van der Waals surface area contributed by atoms with Gasteiger partial charge in [-0.25, -0.2) is 4.98 Å². The second kappa shape index (κ2) is 7.46. The highest BCUT2D eigenvalue weighted by Gasteiger charge is 2.13. The van der Waals surface area contributed by atoms with Crippen LogP contribution in [0.5, 0.6) is 5.88 Å². The molecule has 0 saturated heterocycles. The van der Waals surface area contributed by atoms with Gasteiger partial charge in [0.2, 0.25) is 5.88 Å². The Kier molecular flexibility index (Phi) is 6.60. The monoisotopic (exact) mass is 378 g/mol. The lowest BCUT2D eigenvalue weighted by Gasteiger charge is -2.30. The van der Waals surface area contributed by atoms with Crippen molar-refractivity contribution < 1.29 is 4.74 Å². The third kappa shape index (κ3) is 4.86. The first-order chi connectivity index (χ1) is 8.41. The van der Waals surface area contributed by atoms with E-state index in [1.807, 2.05) is 6.07 Å². The molecule has 0 N–H and O–H groups in total. The zero-order chi connectivity index (χ0) is 13.7. The van der Waals surface area contributed by atoms with Crippen LogP contribution >= 0.6 is 31.9 Å². The molecule has 1 heterocycles. The predicted octanol–water partition coefficient (Wildman–Crippen LogP) is 4.10. The van der Waals surface area contributed by atoms with Crippen LogP contribution in [0.15, 0.2) is 21.2 Å². The number of halogens is 2. The van der Waals surface area contributed by atoms with Crippen molar-refractivity contribution in [2.45, 2.75) is 39.8 Å². The lowest BCUT2D eigenvalue weighted by Crippen LogP contribution is -2.39. The second-order valence-electron chi connectivity index (χ2n) is 4.71. The van der Waals surface area contributed by atoms with Gasteiger partial charge >= 0.3 is 0 Å². The number of pyridine rings is 1. The summed E-state index contributed by atoms with van der Waals surface area (Å²) in [6, 6.07) is 2.98. The number of ether oxygens (including phenoxy) is 1. The van der Waals surface area contributed by atoms with Gasteiger partial charge in [0.05, 0.1) is 4.47 Å². The minimum absolute atomic E-state index is 0.523. The topological polar surface area (TPSA) is 25.4 Å². The van der Waals surface area contributed by atoms with Gasteiger partial charge in [0.15, 0.2) is 0 Å². The molecule has 0 fully saturated rings. The van der Waals surface area contributed by atoms with Crippen molar-refractivity contribution in [1.29, 1.82) is 0 Å². The molecule has 0 aliphatic carbocycles. The Balaban J connectivity index is 2.50. The van der Waals surface area contributed by atoms with Crippen LogP contribution in [-0.4, -0.2) is 35.1 Å². The van der Waals surface area contributed by atoms with E-state index < -0.39 is 0 Å². The number of aromatic nitrogens is 1. The summed E-state index contributed by atoms with van der Waals surface area (Å²) in [6.45, 7) is 10.4. The van der Waals surface area contributed by atoms with E-state index in [-0.39, 0.29) is 0 Å². The first-order valence-electron chi connectivity index (χ1n) is 6.11. The SMILES string of the molecule is CC(C)N(CCOc1ncc(Br)cc1Br)C(C)C. The maximum atomic E-state index is 5.70. The lowest BCUT2D eigenvalue weighted by molar-refractivity contribution is 0.140. The van der Waals surface area contributed by atoms with Gasteiger partial charge in [-0.3, -0.25) is 4.90 Å². The molecule has 0 bridgehead atoms. The predicted molar refractivity (Wildman–Crippen MR) is 82.1 cm³/mol. The molecule has 1 aromatic rings. The average molecular weight is 380 g/mol. The third-order valence-electron chi connectivity index (χ3n) is 2.69. The van der Waals surface area contributed by atoms with Crippen molar-refractivity contribution in [1.82, 2.24) is 9.88 Å².